The minimum atomic E-state index is 0.0466. The number of piperidine rings is 1. The summed E-state index contributed by atoms with van der Waals surface area (Å²) in [6, 6.07) is 7.67. The van der Waals surface area contributed by atoms with Gasteiger partial charge in [-0.3, -0.25) is 9.69 Å². The molecule has 5 heteroatoms. The van der Waals surface area contributed by atoms with Crippen LogP contribution in [0.5, 0.6) is 0 Å². The summed E-state index contributed by atoms with van der Waals surface area (Å²) in [6.45, 7) is 3.19. The van der Waals surface area contributed by atoms with Gasteiger partial charge in [0, 0.05) is 11.0 Å². The second kappa shape index (κ2) is 7.76. The van der Waals surface area contributed by atoms with E-state index in [0.717, 1.165) is 42.6 Å². The monoisotopic (exact) mass is 339 g/mol. The molecule has 1 atom stereocenters. The minimum absolute atomic E-state index is 0.0466. The fourth-order valence-corrected chi connectivity index (χ4v) is 3.11. The summed E-state index contributed by atoms with van der Waals surface area (Å²) in [5.41, 5.74) is 6.45. The molecule has 1 fully saturated rings. The molecular weight excluding hydrogens is 318 g/mol. The van der Waals surface area contributed by atoms with Crippen molar-refractivity contribution in [3.8, 4) is 0 Å². The normalized spacial score (nSPS) is 19.8. The Labute approximate surface area is 128 Å². The third-order valence-corrected chi connectivity index (χ3v) is 4.38. The van der Waals surface area contributed by atoms with E-state index in [9.17, 15) is 4.79 Å². The highest BCUT2D eigenvalue weighted by atomic mass is 79.9. The molecule has 0 spiro atoms. The van der Waals surface area contributed by atoms with Gasteiger partial charge in [-0.15, -0.1) is 0 Å². The molecule has 110 valence electrons. The van der Waals surface area contributed by atoms with Crippen LogP contribution in [-0.4, -0.2) is 37.0 Å². The number of para-hydroxylation sites is 1. The summed E-state index contributed by atoms with van der Waals surface area (Å²) in [6.07, 6.45) is 3.45. The Balaban J connectivity index is 1.84. The zero-order valence-corrected chi connectivity index (χ0v) is 13.2. The molecule has 1 heterocycles. The van der Waals surface area contributed by atoms with Gasteiger partial charge in [0.1, 0.15) is 0 Å². The van der Waals surface area contributed by atoms with Crippen molar-refractivity contribution >= 4 is 27.5 Å². The summed E-state index contributed by atoms with van der Waals surface area (Å²) in [5, 5.41) is 2.95. The van der Waals surface area contributed by atoms with Crippen LogP contribution in [0.4, 0.5) is 5.69 Å². The number of halogens is 1. The van der Waals surface area contributed by atoms with Gasteiger partial charge < -0.3 is 11.1 Å². The van der Waals surface area contributed by atoms with Crippen molar-refractivity contribution in [2.75, 3.05) is 31.5 Å². The summed E-state index contributed by atoms with van der Waals surface area (Å²) >= 11 is 3.44. The van der Waals surface area contributed by atoms with Gasteiger partial charge in [0.05, 0.1) is 12.2 Å². The summed E-state index contributed by atoms with van der Waals surface area (Å²) in [5.74, 6) is 0.690. The molecule has 0 bridgehead atoms. The number of nitrogens with two attached hydrogens (primary N) is 1. The van der Waals surface area contributed by atoms with Crippen LogP contribution < -0.4 is 11.1 Å². The zero-order chi connectivity index (χ0) is 14.4. The molecule has 1 amide bonds. The zero-order valence-electron chi connectivity index (χ0n) is 11.6. The van der Waals surface area contributed by atoms with Gasteiger partial charge in [0.15, 0.2) is 0 Å². The van der Waals surface area contributed by atoms with Crippen LogP contribution in [0, 0.1) is 5.92 Å². The standard InChI is InChI=1S/C15H22BrN3O/c16-13-5-1-2-6-14(13)18-15(20)11-19-9-3-4-12(10-19)7-8-17/h1-2,5-6,12H,3-4,7-11,17H2,(H,18,20). The van der Waals surface area contributed by atoms with Gasteiger partial charge in [-0.2, -0.15) is 0 Å². The summed E-state index contributed by atoms with van der Waals surface area (Å²) in [4.78, 5) is 14.3. The Hall–Kier alpha value is -0.910. The van der Waals surface area contributed by atoms with Gasteiger partial charge in [0.2, 0.25) is 5.91 Å². The minimum Gasteiger partial charge on any atom is -0.330 e. The molecule has 3 N–H and O–H groups in total. The van der Waals surface area contributed by atoms with Crippen LogP contribution in [0.15, 0.2) is 28.7 Å². The molecule has 4 nitrogen and oxygen atoms in total. The summed E-state index contributed by atoms with van der Waals surface area (Å²) in [7, 11) is 0. The van der Waals surface area contributed by atoms with Gasteiger partial charge in [0.25, 0.3) is 0 Å². The van der Waals surface area contributed by atoms with Gasteiger partial charge in [-0.1, -0.05) is 12.1 Å². The second-order valence-corrected chi connectivity index (χ2v) is 6.20. The third-order valence-electron chi connectivity index (χ3n) is 3.69. The predicted octanol–water partition coefficient (Wildman–Crippen LogP) is 2.45. The maximum absolute atomic E-state index is 12.1. The number of likely N-dealkylation sites (tertiary alicyclic amines) is 1. The highest BCUT2D eigenvalue weighted by Crippen LogP contribution is 2.22. The van der Waals surface area contributed by atoms with E-state index >= 15 is 0 Å². The van der Waals surface area contributed by atoms with E-state index in [1.807, 2.05) is 24.3 Å². The first-order chi connectivity index (χ1) is 9.69. The average Bonchev–Trinajstić information content (AvgIpc) is 2.42. The van der Waals surface area contributed by atoms with E-state index in [0.29, 0.717) is 12.5 Å². The van der Waals surface area contributed by atoms with Crippen molar-refractivity contribution in [2.45, 2.75) is 19.3 Å². The number of hydrogen-bond donors (Lipinski definition) is 2. The number of nitrogens with zero attached hydrogens (tertiary/aromatic N) is 1. The van der Waals surface area contributed by atoms with Gasteiger partial charge in [-0.25, -0.2) is 0 Å². The fraction of sp³-hybridized carbons (Fsp3) is 0.533. The highest BCUT2D eigenvalue weighted by Gasteiger charge is 2.21. The molecule has 0 saturated carbocycles. The largest absolute Gasteiger partial charge is 0.330 e. The van der Waals surface area contributed by atoms with Gasteiger partial charge in [-0.05, 0) is 66.3 Å². The number of carbonyl (C=O) groups excluding carboxylic acids is 1. The van der Waals surface area contributed by atoms with E-state index in [1.54, 1.807) is 0 Å². The van der Waals surface area contributed by atoms with Crippen molar-refractivity contribution in [1.29, 1.82) is 0 Å². The Bertz CT molecular complexity index is 450. The number of rotatable bonds is 5. The molecule has 1 aliphatic heterocycles. The maximum Gasteiger partial charge on any atom is 0.238 e. The molecule has 0 radical (unpaired) electrons. The predicted molar refractivity (Wildman–Crippen MR) is 85.6 cm³/mol. The SMILES string of the molecule is NCCC1CCCN(CC(=O)Nc2ccccc2Br)C1. The Morgan fingerprint density at radius 3 is 3.00 bits per heavy atom. The van der Waals surface area contributed by atoms with E-state index in [-0.39, 0.29) is 5.91 Å². The number of carbonyl (C=O) groups is 1. The average molecular weight is 340 g/mol. The van der Waals surface area contributed by atoms with Crippen molar-refractivity contribution in [1.82, 2.24) is 4.90 Å². The first kappa shape index (κ1) is 15.5. The Morgan fingerprint density at radius 2 is 2.25 bits per heavy atom. The first-order valence-electron chi connectivity index (χ1n) is 7.16. The van der Waals surface area contributed by atoms with Crippen LogP contribution in [0.3, 0.4) is 0 Å². The van der Waals surface area contributed by atoms with E-state index in [2.05, 4.69) is 26.1 Å². The van der Waals surface area contributed by atoms with Crippen LogP contribution in [0.25, 0.3) is 0 Å². The van der Waals surface area contributed by atoms with E-state index < -0.39 is 0 Å². The topological polar surface area (TPSA) is 58.4 Å². The second-order valence-electron chi connectivity index (χ2n) is 5.35. The number of hydrogen-bond acceptors (Lipinski definition) is 3. The number of anilines is 1. The van der Waals surface area contributed by atoms with Crippen LogP contribution in [0.1, 0.15) is 19.3 Å². The quantitative estimate of drug-likeness (QED) is 0.866. The van der Waals surface area contributed by atoms with Crippen molar-refractivity contribution in [3.05, 3.63) is 28.7 Å². The van der Waals surface area contributed by atoms with E-state index in [4.69, 9.17) is 5.73 Å². The lowest BCUT2D eigenvalue weighted by Gasteiger charge is -2.32. The fourth-order valence-electron chi connectivity index (χ4n) is 2.72. The number of amides is 1. The van der Waals surface area contributed by atoms with Crippen LogP contribution in [0.2, 0.25) is 0 Å². The third kappa shape index (κ3) is 4.58. The number of benzene rings is 1. The highest BCUT2D eigenvalue weighted by molar-refractivity contribution is 9.10. The van der Waals surface area contributed by atoms with Gasteiger partial charge >= 0.3 is 0 Å². The maximum atomic E-state index is 12.1. The lowest BCUT2D eigenvalue weighted by Crippen LogP contribution is -2.40. The summed E-state index contributed by atoms with van der Waals surface area (Å²) < 4.78 is 0.910. The lowest BCUT2D eigenvalue weighted by molar-refractivity contribution is -0.117. The molecule has 0 aromatic heterocycles. The van der Waals surface area contributed by atoms with Crippen molar-refractivity contribution < 1.29 is 4.79 Å². The van der Waals surface area contributed by atoms with Crippen LogP contribution >= 0.6 is 15.9 Å². The lowest BCUT2D eigenvalue weighted by atomic mass is 9.95. The van der Waals surface area contributed by atoms with E-state index in [1.165, 1.54) is 6.42 Å². The molecule has 1 aromatic rings. The molecule has 1 aromatic carbocycles. The molecule has 0 aliphatic carbocycles. The smallest absolute Gasteiger partial charge is 0.238 e. The molecular formula is C15H22BrN3O. The first-order valence-corrected chi connectivity index (χ1v) is 7.95. The van der Waals surface area contributed by atoms with Crippen molar-refractivity contribution in [3.63, 3.8) is 0 Å². The molecule has 1 saturated heterocycles. The Kier molecular flexibility index (Phi) is 6.01. The molecule has 1 unspecified atom stereocenters. The molecule has 20 heavy (non-hydrogen) atoms. The Morgan fingerprint density at radius 1 is 1.45 bits per heavy atom. The van der Waals surface area contributed by atoms with Crippen molar-refractivity contribution in [2.24, 2.45) is 11.7 Å². The van der Waals surface area contributed by atoms with Crippen LogP contribution in [-0.2, 0) is 4.79 Å². The molecule has 2 rings (SSSR count). The number of nitrogens with one attached hydrogen (secondary N) is 1. The molecule has 1 aliphatic rings.